The summed E-state index contributed by atoms with van der Waals surface area (Å²) in [6, 6.07) is 5.58. The molecule has 0 aliphatic rings. The number of benzene rings is 1. The first-order chi connectivity index (χ1) is 5.24. The van der Waals surface area contributed by atoms with Gasteiger partial charge in [-0.3, -0.25) is 0 Å². The van der Waals surface area contributed by atoms with Gasteiger partial charge in [0.25, 0.3) is 0 Å². The van der Waals surface area contributed by atoms with E-state index >= 15 is 0 Å². The van der Waals surface area contributed by atoms with Crippen LogP contribution < -0.4 is 5.46 Å². The number of hydrogen-bond donors (Lipinski definition) is 1. The molecule has 0 spiro atoms. The SMILES string of the molecule is Bc1ccc(O)c(CC=C)c1. The van der Waals surface area contributed by atoms with Crippen molar-refractivity contribution >= 4 is 13.3 Å². The van der Waals surface area contributed by atoms with Gasteiger partial charge in [0, 0.05) is 0 Å². The van der Waals surface area contributed by atoms with Crippen LogP contribution in [-0.4, -0.2) is 13.0 Å². The first-order valence-corrected chi connectivity index (χ1v) is 3.63. The van der Waals surface area contributed by atoms with Crippen LogP contribution in [0.3, 0.4) is 0 Å². The number of allylic oxidation sites excluding steroid dienone is 1. The van der Waals surface area contributed by atoms with Crippen molar-refractivity contribution in [2.75, 3.05) is 0 Å². The Morgan fingerprint density at radius 1 is 1.55 bits per heavy atom. The van der Waals surface area contributed by atoms with Crippen molar-refractivity contribution < 1.29 is 5.11 Å². The minimum atomic E-state index is 0.357. The second kappa shape index (κ2) is 3.29. The van der Waals surface area contributed by atoms with Gasteiger partial charge < -0.3 is 5.11 Å². The van der Waals surface area contributed by atoms with Crippen LogP contribution in [0.25, 0.3) is 0 Å². The normalized spacial score (nSPS) is 9.45. The highest BCUT2D eigenvalue weighted by atomic mass is 16.3. The molecular formula is C9H11BO. The van der Waals surface area contributed by atoms with Gasteiger partial charge in [-0.05, 0) is 18.1 Å². The van der Waals surface area contributed by atoms with Crippen LogP contribution in [0, 0.1) is 0 Å². The molecule has 1 nitrogen and oxygen atoms in total. The molecule has 0 unspecified atom stereocenters. The van der Waals surface area contributed by atoms with Crippen molar-refractivity contribution in [3.05, 3.63) is 36.4 Å². The smallest absolute Gasteiger partial charge is 0.139 e. The largest absolute Gasteiger partial charge is 0.508 e. The average molecular weight is 146 g/mol. The Balaban J connectivity index is 3.01. The summed E-state index contributed by atoms with van der Waals surface area (Å²) in [6.45, 7) is 3.62. The molecule has 0 heterocycles. The highest BCUT2D eigenvalue weighted by molar-refractivity contribution is 6.32. The van der Waals surface area contributed by atoms with Crippen molar-refractivity contribution in [3.63, 3.8) is 0 Å². The molecule has 1 aromatic carbocycles. The Hall–Kier alpha value is -1.18. The summed E-state index contributed by atoms with van der Waals surface area (Å²) in [7, 11) is 2.01. The minimum Gasteiger partial charge on any atom is -0.508 e. The van der Waals surface area contributed by atoms with Gasteiger partial charge >= 0.3 is 0 Å². The Labute approximate surface area is 67.8 Å². The van der Waals surface area contributed by atoms with E-state index in [4.69, 9.17) is 0 Å². The lowest BCUT2D eigenvalue weighted by atomic mass is 9.93. The minimum absolute atomic E-state index is 0.357. The maximum atomic E-state index is 9.32. The van der Waals surface area contributed by atoms with Gasteiger partial charge in [-0.2, -0.15) is 0 Å². The molecule has 0 saturated heterocycles. The molecule has 0 amide bonds. The fourth-order valence-corrected chi connectivity index (χ4v) is 1.03. The maximum absolute atomic E-state index is 9.32. The molecule has 1 aromatic rings. The Morgan fingerprint density at radius 3 is 2.91 bits per heavy atom. The summed E-state index contributed by atoms with van der Waals surface area (Å²) in [5.74, 6) is 0.357. The second-order valence-electron chi connectivity index (χ2n) is 2.62. The van der Waals surface area contributed by atoms with Gasteiger partial charge in [0.2, 0.25) is 0 Å². The third-order valence-corrected chi connectivity index (χ3v) is 1.60. The molecule has 0 saturated carbocycles. The topological polar surface area (TPSA) is 20.2 Å². The van der Waals surface area contributed by atoms with E-state index in [0.717, 1.165) is 12.0 Å². The molecule has 11 heavy (non-hydrogen) atoms. The predicted molar refractivity (Wildman–Crippen MR) is 50.2 cm³/mol. The highest BCUT2D eigenvalue weighted by Gasteiger charge is 1.97. The molecule has 0 atom stereocenters. The molecule has 0 aliphatic heterocycles. The second-order valence-corrected chi connectivity index (χ2v) is 2.62. The van der Waals surface area contributed by atoms with E-state index in [0.29, 0.717) is 5.75 Å². The number of phenolic OH excluding ortho intramolecular Hbond substituents is 1. The third kappa shape index (κ3) is 1.87. The monoisotopic (exact) mass is 146 g/mol. The van der Waals surface area contributed by atoms with Crippen LogP contribution in [0.1, 0.15) is 5.56 Å². The lowest BCUT2D eigenvalue weighted by molar-refractivity contribution is 0.470. The van der Waals surface area contributed by atoms with Gasteiger partial charge in [0.1, 0.15) is 13.6 Å². The van der Waals surface area contributed by atoms with E-state index in [2.05, 4.69) is 6.58 Å². The fraction of sp³-hybridized carbons (Fsp3) is 0.111. The fourth-order valence-electron chi connectivity index (χ4n) is 1.03. The quantitative estimate of drug-likeness (QED) is 0.472. The summed E-state index contributed by atoms with van der Waals surface area (Å²) in [5, 5.41) is 9.32. The zero-order valence-electron chi connectivity index (χ0n) is 6.67. The van der Waals surface area contributed by atoms with E-state index in [1.165, 1.54) is 5.46 Å². The number of rotatable bonds is 2. The zero-order chi connectivity index (χ0) is 8.27. The lowest BCUT2D eigenvalue weighted by Crippen LogP contribution is -2.02. The van der Waals surface area contributed by atoms with Gasteiger partial charge in [-0.25, -0.2) is 0 Å². The molecule has 1 rings (SSSR count). The highest BCUT2D eigenvalue weighted by Crippen LogP contribution is 2.14. The van der Waals surface area contributed by atoms with Crippen LogP contribution >= 0.6 is 0 Å². The van der Waals surface area contributed by atoms with Crippen molar-refractivity contribution in [3.8, 4) is 5.75 Å². The van der Waals surface area contributed by atoms with Gasteiger partial charge in [0.15, 0.2) is 0 Å². The van der Waals surface area contributed by atoms with Gasteiger partial charge in [-0.1, -0.05) is 23.7 Å². The molecule has 0 aliphatic carbocycles. The Kier molecular flexibility index (Phi) is 2.37. The predicted octanol–water partition coefficient (Wildman–Crippen LogP) is 0.379. The summed E-state index contributed by atoms with van der Waals surface area (Å²) in [4.78, 5) is 0. The van der Waals surface area contributed by atoms with Crippen LogP contribution in [0.4, 0.5) is 0 Å². The van der Waals surface area contributed by atoms with Crippen LogP contribution in [-0.2, 0) is 6.42 Å². The standard InChI is InChI=1S/C9H11BO/c1-2-3-7-6-8(10)4-5-9(7)11/h2,4-6,11H,1,3,10H2. The summed E-state index contributed by atoms with van der Waals surface area (Å²) in [6.07, 6.45) is 2.52. The van der Waals surface area contributed by atoms with Crippen LogP contribution in [0.15, 0.2) is 30.9 Å². The number of hydrogen-bond acceptors (Lipinski definition) is 1. The number of aromatic hydroxyl groups is 1. The summed E-state index contributed by atoms with van der Waals surface area (Å²) < 4.78 is 0. The van der Waals surface area contributed by atoms with E-state index in [1.807, 2.05) is 20.0 Å². The maximum Gasteiger partial charge on any atom is 0.139 e. The summed E-state index contributed by atoms with van der Waals surface area (Å²) in [5.41, 5.74) is 2.11. The Bertz CT molecular complexity index is 268. The van der Waals surface area contributed by atoms with E-state index < -0.39 is 0 Å². The van der Waals surface area contributed by atoms with E-state index in [9.17, 15) is 5.11 Å². The van der Waals surface area contributed by atoms with Crippen LogP contribution in [0.5, 0.6) is 5.75 Å². The van der Waals surface area contributed by atoms with Crippen molar-refractivity contribution in [2.45, 2.75) is 6.42 Å². The molecule has 0 aromatic heterocycles. The Morgan fingerprint density at radius 2 is 2.27 bits per heavy atom. The average Bonchev–Trinajstić information content (AvgIpc) is 1.98. The molecule has 56 valence electrons. The third-order valence-electron chi connectivity index (χ3n) is 1.60. The lowest BCUT2D eigenvalue weighted by Gasteiger charge is -2.01. The molecule has 0 radical (unpaired) electrons. The first-order valence-electron chi connectivity index (χ1n) is 3.63. The van der Waals surface area contributed by atoms with Crippen molar-refractivity contribution in [1.29, 1.82) is 0 Å². The van der Waals surface area contributed by atoms with E-state index in [1.54, 1.807) is 12.1 Å². The van der Waals surface area contributed by atoms with Gasteiger partial charge in [0.05, 0.1) is 0 Å². The van der Waals surface area contributed by atoms with Crippen molar-refractivity contribution in [1.82, 2.24) is 0 Å². The molecule has 1 N–H and O–H groups in total. The summed E-state index contributed by atoms with van der Waals surface area (Å²) >= 11 is 0. The molecule has 0 bridgehead atoms. The van der Waals surface area contributed by atoms with Crippen molar-refractivity contribution in [2.24, 2.45) is 0 Å². The van der Waals surface area contributed by atoms with Gasteiger partial charge in [-0.15, -0.1) is 6.58 Å². The molecular weight excluding hydrogens is 135 g/mol. The van der Waals surface area contributed by atoms with Crippen LogP contribution in [0.2, 0.25) is 0 Å². The molecule has 0 fully saturated rings. The number of phenols is 1. The zero-order valence-corrected chi connectivity index (χ0v) is 6.67. The van der Waals surface area contributed by atoms with E-state index in [-0.39, 0.29) is 0 Å². The molecule has 2 heteroatoms. The first kappa shape index (κ1) is 7.93.